The van der Waals surface area contributed by atoms with Crippen molar-refractivity contribution in [3.05, 3.63) is 42.1 Å². The molecule has 3 N–H and O–H groups in total. The van der Waals surface area contributed by atoms with Crippen LogP contribution in [-0.4, -0.2) is 45.9 Å². The van der Waals surface area contributed by atoms with Crippen molar-refractivity contribution in [3.8, 4) is 11.3 Å². The Bertz CT molecular complexity index is 565. The Labute approximate surface area is 128 Å². The van der Waals surface area contributed by atoms with Crippen LogP contribution < -0.4 is 5.32 Å². The summed E-state index contributed by atoms with van der Waals surface area (Å²) >= 11 is 1.64. The van der Waals surface area contributed by atoms with Gasteiger partial charge >= 0.3 is 0 Å². The number of aliphatic hydroxyl groups is 1. The lowest BCUT2D eigenvalue weighted by atomic mass is 10.1. The third-order valence-electron chi connectivity index (χ3n) is 3.07. The fraction of sp³-hybridized carbons (Fsp3) is 0.333. The molecule has 0 spiro atoms. The number of nitrogens with one attached hydrogen (secondary N) is 2. The summed E-state index contributed by atoms with van der Waals surface area (Å²) in [6, 6.07) is 11.4. The summed E-state index contributed by atoms with van der Waals surface area (Å²) in [5, 5.41) is 18.9. The molecule has 0 saturated carbocycles. The number of thioether (sulfide) groups is 1. The second-order valence-corrected chi connectivity index (χ2v) is 5.58. The summed E-state index contributed by atoms with van der Waals surface area (Å²) < 4.78 is 0. The van der Waals surface area contributed by atoms with Crippen molar-refractivity contribution >= 4 is 17.7 Å². The van der Waals surface area contributed by atoms with E-state index in [0.29, 0.717) is 12.1 Å². The Morgan fingerprint density at radius 1 is 1.43 bits per heavy atom. The predicted octanol–water partition coefficient (Wildman–Crippen LogP) is 1.92. The normalized spacial score (nSPS) is 12.1. The van der Waals surface area contributed by atoms with E-state index in [2.05, 4.69) is 15.5 Å². The molecular weight excluding hydrogens is 286 g/mol. The zero-order chi connectivity index (χ0) is 15.1. The van der Waals surface area contributed by atoms with E-state index in [1.807, 2.05) is 36.6 Å². The van der Waals surface area contributed by atoms with Crippen LogP contribution in [0.2, 0.25) is 0 Å². The van der Waals surface area contributed by atoms with Crippen LogP contribution in [0.5, 0.6) is 0 Å². The molecule has 0 radical (unpaired) electrons. The molecule has 0 aliphatic rings. The van der Waals surface area contributed by atoms with Gasteiger partial charge in [-0.25, -0.2) is 0 Å². The first-order chi connectivity index (χ1) is 10.2. The maximum atomic E-state index is 12.2. The highest BCUT2D eigenvalue weighted by Crippen LogP contribution is 2.17. The first-order valence-electron chi connectivity index (χ1n) is 6.76. The van der Waals surface area contributed by atoms with Gasteiger partial charge in [-0.1, -0.05) is 30.3 Å². The lowest BCUT2D eigenvalue weighted by Crippen LogP contribution is -2.37. The third-order valence-corrected chi connectivity index (χ3v) is 3.81. The van der Waals surface area contributed by atoms with Crippen molar-refractivity contribution in [2.75, 3.05) is 18.6 Å². The number of rotatable bonds is 7. The first-order valence-corrected chi connectivity index (χ1v) is 8.15. The Morgan fingerprint density at radius 2 is 2.19 bits per heavy atom. The molecular formula is C15H19N3O2S. The monoisotopic (exact) mass is 305 g/mol. The molecule has 0 aliphatic heterocycles. The fourth-order valence-electron chi connectivity index (χ4n) is 2.01. The molecule has 0 aliphatic carbocycles. The molecule has 1 aromatic heterocycles. The second-order valence-electron chi connectivity index (χ2n) is 4.67. The Balaban J connectivity index is 2.05. The minimum atomic E-state index is -0.197. The highest BCUT2D eigenvalue weighted by atomic mass is 32.2. The molecule has 21 heavy (non-hydrogen) atoms. The van der Waals surface area contributed by atoms with Crippen molar-refractivity contribution in [3.63, 3.8) is 0 Å². The van der Waals surface area contributed by atoms with Gasteiger partial charge in [0.15, 0.2) is 0 Å². The number of benzene rings is 1. The molecule has 1 amide bonds. The van der Waals surface area contributed by atoms with Crippen molar-refractivity contribution in [2.24, 2.45) is 0 Å². The van der Waals surface area contributed by atoms with Crippen LogP contribution in [0.3, 0.4) is 0 Å². The lowest BCUT2D eigenvalue weighted by Gasteiger charge is -2.15. The molecule has 0 saturated heterocycles. The van der Waals surface area contributed by atoms with Crippen LogP contribution in [0.25, 0.3) is 11.3 Å². The SMILES string of the molecule is CSCC(CCO)NC(=O)c1cc(-c2ccccc2)n[nH]1. The number of aromatic nitrogens is 2. The van der Waals surface area contributed by atoms with Crippen molar-refractivity contribution in [1.29, 1.82) is 0 Å². The standard InChI is InChI=1S/C15H19N3O2S/c1-21-10-12(7-8-19)16-15(20)14-9-13(17-18-14)11-5-3-2-4-6-11/h2-6,9,12,19H,7-8,10H2,1H3,(H,16,20)(H,17,18). The molecule has 1 aromatic carbocycles. The van der Waals surface area contributed by atoms with Gasteiger partial charge in [0.1, 0.15) is 5.69 Å². The number of amides is 1. The number of nitrogens with zero attached hydrogens (tertiary/aromatic N) is 1. The summed E-state index contributed by atoms with van der Waals surface area (Å²) in [5.74, 6) is 0.573. The van der Waals surface area contributed by atoms with Crippen LogP contribution in [-0.2, 0) is 0 Å². The Hall–Kier alpha value is -1.79. The third kappa shape index (κ3) is 4.34. The summed E-state index contributed by atoms with van der Waals surface area (Å²) in [5.41, 5.74) is 2.13. The quantitative estimate of drug-likeness (QED) is 0.730. The summed E-state index contributed by atoms with van der Waals surface area (Å²) in [6.45, 7) is 0.0593. The number of hydrogen-bond donors (Lipinski definition) is 3. The minimum Gasteiger partial charge on any atom is -0.396 e. The van der Waals surface area contributed by atoms with E-state index >= 15 is 0 Å². The number of hydrogen-bond acceptors (Lipinski definition) is 4. The number of H-pyrrole nitrogens is 1. The highest BCUT2D eigenvalue weighted by molar-refractivity contribution is 7.98. The van der Waals surface area contributed by atoms with Crippen LogP contribution in [0, 0.1) is 0 Å². The largest absolute Gasteiger partial charge is 0.396 e. The molecule has 112 valence electrons. The summed E-state index contributed by atoms with van der Waals surface area (Å²) in [6.07, 6.45) is 2.52. The number of aromatic amines is 1. The minimum absolute atomic E-state index is 0.0408. The van der Waals surface area contributed by atoms with Gasteiger partial charge < -0.3 is 10.4 Å². The van der Waals surface area contributed by atoms with Crippen molar-refractivity contribution in [1.82, 2.24) is 15.5 Å². The summed E-state index contributed by atoms with van der Waals surface area (Å²) in [7, 11) is 0. The van der Waals surface area contributed by atoms with Gasteiger partial charge in [-0.2, -0.15) is 16.9 Å². The number of aliphatic hydroxyl groups excluding tert-OH is 1. The van der Waals surface area contributed by atoms with Crippen molar-refractivity contribution < 1.29 is 9.90 Å². The molecule has 5 nitrogen and oxygen atoms in total. The van der Waals surface area contributed by atoms with Crippen LogP contribution in [0.15, 0.2) is 36.4 Å². The topological polar surface area (TPSA) is 78.0 Å². The summed E-state index contributed by atoms with van der Waals surface area (Å²) in [4.78, 5) is 12.2. The Kier molecular flexibility index (Phi) is 5.83. The van der Waals surface area contributed by atoms with E-state index in [9.17, 15) is 4.79 Å². The van der Waals surface area contributed by atoms with Gasteiger partial charge in [-0.3, -0.25) is 9.89 Å². The van der Waals surface area contributed by atoms with Crippen LogP contribution >= 0.6 is 11.8 Å². The Morgan fingerprint density at radius 3 is 2.86 bits per heavy atom. The van der Waals surface area contributed by atoms with Gasteiger partial charge in [0.2, 0.25) is 0 Å². The van der Waals surface area contributed by atoms with Gasteiger partial charge in [-0.05, 0) is 18.7 Å². The van der Waals surface area contributed by atoms with E-state index in [0.717, 1.165) is 17.0 Å². The molecule has 1 heterocycles. The van der Waals surface area contributed by atoms with E-state index in [4.69, 9.17) is 5.11 Å². The van der Waals surface area contributed by atoms with Gasteiger partial charge in [0.05, 0.1) is 5.69 Å². The lowest BCUT2D eigenvalue weighted by molar-refractivity contribution is 0.0930. The zero-order valence-corrected chi connectivity index (χ0v) is 12.7. The first kappa shape index (κ1) is 15.6. The second kappa shape index (κ2) is 7.85. The van der Waals surface area contributed by atoms with Gasteiger partial charge in [0, 0.05) is 24.0 Å². The zero-order valence-electron chi connectivity index (χ0n) is 11.9. The maximum Gasteiger partial charge on any atom is 0.269 e. The maximum absolute atomic E-state index is 12.2. The van der Waals surface area contributed by atoms with E-state index in [1.54, 1.807) is 17.8 Å². The molecule has 1 atom stereocenters. The molecule has 2 aromatic rings. The molecule has 6 heteroatoms. The average molecular weight is 305 g/mol. The highest BCUT2D eigenvalue weighted by Gasteiger charge is 2.15. The molecule has 1 unspecified atom stereocenters. The van der Waals surface area contributed by atoms with E-state index < -0.39 is 0 Å². The van der Waals surface area contributed by atoms with Gasteiger partial charge in [0.25, 0.3) is 5.91 Å². The van der Waals surface area contributed by atoms with Crippen LogP contribution in [0.1, 0.15) is 16.9 Å². The van der Waals surface area contributed by atoms with E-state index in [1.165, 1.54) is 0 Å². The fourth-order valence-corrected chi connectivity index (χ4v) is 2.66. The smallest absolute Gasteiger partial charge is 0.269 e. The molecule has 0 fully saturated rings. The molecule has 0 bridgehead atoms. The number of carbonyl (C=O) groups excluding carboxylic acids is 1. The average Bonchev–Trinajstić information content (AvgIpc) is 2.98. The van der Waals surface area contributed by atoms with E-state index in [-0.39, 0.29) is 18.6 Å². The predicted molar refractivity (Wildman–Crippen MR) is 85.4 cm³/mol. The van der Waals surface area contributed by atoms with Gasteiger partial charge in [-0.15, -0.1) is 0 Å². The van der Waals surface area contributed by atoms with Crippen molar-refractivity contribution in [2.45, 2.75) is 12.5 Å². The molecule has 2 rings (SSSR count). The number of carbonyl (C=O) groups is 1. The van der Waals surface area contributed by atoms with Crippen LogP contribution in [0.4, 0.5) is 0 Å².